The van der Waals surface area contributed by atoms with Gasteiger partial charge in [0.05, 0.1) is 18.7 Å². The second-order valence-electron chi connectivity index (χ2n) is 4.77. The van der Waals surface area contributed by atoms with E-state index in [4.69, 9.17) is 27.9 Å². The van der Waals surface area contributed by atoms with E-state index < -0.39 is 4.33 Å². The van der Waals surface area contributed by atoms with Gasteiger partial charge in [-0.3, -0.25) is 4.79 Å². The molecule has 0 radical (unpaired) electrons. The predicted molar refractivity (Wildman–Crippen MR) is 85.3 cm³/mol. The number of nitrogens with one attached hydrogen (secondary N) is 1. The normalized spacial score (nSPS) is 19.1. The molecule has 3 rings (SSSR count). The molecule has 1 N–H and O–H groups in total. The van der Waals surface area contributed by atoms with Gasteiger partial charge >= 0.3 is 0 Å². The predicted octanol–water partition coefficient (Wildman–Crippen LogP) is 3.95. The van der Waals surface area contributed by atoms with Crippen molar-refractivity contribution in [2.24, 2.45) is 5.92 Å². The number of alkyl halides is 2. The summed E-state index contributed by atoms with van der Waals surface area (Å²) in [4.78, 5) is 16.3. The standard InChI is InChI=1S/C14H12Cl2N2O2S/c1-20-9-4-2-8(3-5-9)11-7-21-13(17-11)18-12(19)10-6-14(10,15)16/h2-5,7,10H,6H2,1H3,(H,17,18,19)/t10-/m0/s1. The van der Waals surface area contributed by atoms with Crippen LogP contribution in [0.25, 0.3) is 11.3 Å². The fraction of sp³-hybridized carbons (Fsp3) is 0.286. The molecule has 1 atom stereocenters. The van der Waals surface area contributed by atoms with E-state index in [-0.39, 0.29) is 11.8 Å². The zero-order valence-corrected chi connectivity index (χ0v) is 13.4. The van der Waals surface area contributed by atoms with Gasteiger partial charge in [-0.15, -0.1) is 34.5 Å². The molecule has 1 aliphatic carbocycles. The van der Waals surface area contributed by atoms with Crippen molar-refractivity contribution in [3.05, 3.63) is 29.6 Å². The van der Waals surface area contributed by atoms with E-state index in [9.17, 15) is 4.79 Å². The summed E-state index contributed by atoms with van der Waals surface area (Å²) in [6.07, 6.45) is 0.485. The number of ether oxygens (including phenoxy) is 1. The van der Waals surface area contributed by atoms with Gasteiger partial charge in [-0.1, -0.05) is 0 Å². The number of benzene rings is 1. The molecule has 0 aliphatic heterocycles. The van der Waals surface area contributed by atoms with E-state index in [2.05, 4.69) is 10.3 Å². The highest BCUT2D eigenvalue weighted by Crippen LogP contribution is 2.53. The molecule has 1 aliphatic rings. The lowest BCUT2D eigenvalue weighted by Crippen LogP contribution is -2.16. The third-order valence-corrected chi connectivity index (χ3v) is 4.86. The molecule has 1 fully saturated rings. The first-order valence-electron chi connectivity index (χ1n) is 6.28. The topological polar surface area (TPSA) is 51.2 Å². The lowest BCUT2D eigenvalue weighted by molar-refractivity contribution is -0.117. The number of nitrogens with zero attached hydrogens (tertiary/aromatic N) is 1. The number of rotatable bonds is 4. The smallest absolute Gasteiger partial charge is 0.232 e. The Bertz CT molecular complexity index is 670. The Labute approximate surface area is 136 Å². The molecule has 0 unspecified atom stereocenters. The average molecular weight is 343 g/mol. The van der Waals surface area contributed by atoms with Crippen molar-refractivity contribution in [1.82, 2.24) is 4.98 Å². The molecule has 0 spiro atoms. The largest absolute Gasteiger partial charge is 0.497 e. The van der Waals surface area contributed by atoms with Gasteiger partial charge in [0.2, 0.25) is 5.91 Å². The fourth-order valence-corrected chi connectivity index (χ4v) is 3.15. The van der Waals surface area contributed by atoms with Crippen molar-refractivity contribution in [3.63, 3.8) is 0 Å². The van der Waals surface area contributed by atoms with Crippen molar-refractivity contribution in [2.75, 3.05) is 12.4 Å². The minimum Gasteiger partial charge on any atom is -0.497 e. The Balaban J connectivity index is 1.69. The van der Waals surface area contributed by atoms with Gasteiger partial charge in [-0.2, -0.15) is 0 Å². The maximum atomic E-state index is 11.9. The van der Waals surface area contributed by atoms with Crippen LogP contribution in [0.1, 0.15) is 6.42 Å². The Hall–Kier alpha value is -1.30. The summed E-state index contributed by atoms with van der Waals surface area (Å²) in [5.41, 5.74) is 1.76. The zero-order valence-electron chi connectivity index (χ0n) is 11.1. The lowest BCUT2D eigenvalue weighted by Gasteiger charge is -2.01. The van der Waals surface area contributed by atoms with Crippen molar-refractivity contribution < 1.29 is 9.53 Å². The first kappa shape index (κ1) is 14.6. The maximum Gasteiger partial charge on any atom is 0.232 e. The highest BCUT2D eigenvalue weighted by molar-refractivity contribution is 7.14. The number of hydrogen-bond acceptors (Lipinski definition) is 4. The number of carbonyl (C=O) groups is 1. The lowest BCUT2D eigenvalue weighted by atomic mass is 10.2. The average Bonchev–Trinajstić information content (AvgIpc) is 2.90. The van der Waals surface area contributed by atoms with E-state index in [1.807, 2.05) is 29.6 Å². The van der Waals surface area contributed by atoms with Crippen LogP contribution in [0.15, 0.2) is 29.6 Å². The van der Waals surface area contributed by atoms with Crippen LogP contribution < -0.4 is 10.1 Å². The first-order chi connectivity index (χ1) is 9.99. The van der Waals surface area contributed by atoms with Gasteiger partial charge in [0.25, 0.3) is 0 Å². The van der Waals surface area contributed by atoms with Crippen molar-refractivity contribution in [3.8, 4) is 17.0 Å². The summed E-state index contributed by atoms with van der Waals surface area (Å²) < 4.78 is 4.20. The summed E-state index contributed by atoms with van der Waals surface area (Å²) in [5.74, 6) is 0.251. The minimum absolute atomic E-state index is 0.185. The van der Waals surface area contributed by atoms with E-state index >= 15 is 0 Å². The third-order valence-electron chi connectivity index (χ3n) is 3.26. The molecule has 7 heteroatoms. The second kappa shape index (κ2) is 5.48. The number of methoxy groups -OCH3 is 1. The van der Waals surface area contributed by atoms with Crippen LogP contribution in [-0.2, 0) is 4.79 Å². The van der Waals surface area contributed by atoms with Crippen LogP contribution in [0.2, 0.25) is 0 Å². The minimum atomic E-state index is -0.917. The zero-order chi connectivity index (χ0) is 15.0. The number of aromatic nitrogens is 1. The number of halogens is 2. The number of amides is 1. The van der Waals surface area contributed by atoms with Crippen molar-refractivity contribution >= 4 is 45.6 Å². The highest BCUT2D eigenvalue weighted by Gasteiger charge is 2.56. The maximum absolute atomic E-state index is 11.9. The Morgan fingerprint density at radius 3 is 2.67 bits per heavy atom. The third kappa shape index (κ3) is 3.15. The van der Waals surface area contributed by atoms with E-state index in [1.54, 1.807) is 7.11 Å². The van der Waals surface area contributed by atoms with Crippen LogP contribution >= 0.6 is 34.5 Å². The molecule has 1 heterocycles. The summed E-state index contributed by atoms with van der Waals surface area (Å²) in [6.45, 7) is 0. The molecule has 4 nitrogen and oxygen atoms in total. The molecule has 0 saturated heterocycles. The van der Waals surface area contributed by atoms with Crippen molar-refractivity contribution in [2.45, 2.75) is 10.8 Å². The number of carbonyl (C=O) groups excluding carboxylic acids is 1. The molecule has 110 valence electrons. The van der Waals surface area contributed by atoms with E-state index in [1.165, 1.54) is 11.3 Å². The summed E-state index contributed by atoms with van der Waals surface area (Å²) in [7, 11) is 1.62. The number of hydrogen-bond donors (Lipinski definition) is 1. The fourth-order valence-electron chi connectivity index (χ4n) is 1.92. The summed E-state index contributed by atoms with van der Waals surface area (Å²) in [6, 6.07) is 7.57. The van der Waals surface area contributed by atoms with Gasteiger partial charge in [0.1, 0.15) is 10.1 Å². The second-order valence-corrected chi connectivity index (χ2v) is 7.17. The molecule has 1 aromatic heterocycles. The van der Waals surface area contributed by atoms with Gasteiger partial charge in [-0.05, 0) is 30.7 Å². The van der Waals surface area contributed by atoms with Gasteiger partial charge < -0.3 is 10.1 Å². The first-order valence-corrected chi connectivity index (χ1v) is 7.92. The Morgan fingerprint density at radius 2 is 2.10 bits per heavy atom. The molecule has 2 aromatic rings. The summed E-state index contributed by atoms with van der Waals surface area (Å²) in [5, 5.41) is 5.18. The van der Waals surface area contributed by atoms with Crippen LogP contribution in [0.5, 0.6) is 5.75 Å². The van der Waals surface area contributed by atoms with Gasteiger partial charge in [0.15, 0.2) is 5.13 Å². The molecule has 1 amide bonds. The van der Waals surface area contributed by atoms with Gasteiger partial charge in [0, 0.05) is 10.9 Å². The van der Waals surface area contributed by atoms with Crippen LogP contribution in [0.3, 0.4) is 0 Å². The molecule has 1 saturated carbocycles. The molecule has 21 heavy (non-hydrogen) atoms. The number of thiazole rings is 1. The molecule has 0 bridgehead atoms. The monoisotopic (exact) mass is 342 g/mol. The van der Waals surface area contributed by atoms with E-state index in [0.717, 1.165) is 17.0 Å². The SMILES string of the molecule is COc1ccc(-c2csc(NC(=O)[C@@H]3CC3(Cl)Cl)n2)cc1. The van der Waals surface area contributed by atoms with E-state index in [0.29, 0.717) is 11.6 Å². The molecular weight excluding hydrogens is 331 g/mol. The quantitative estimate of drug-likeness (QED) is 0.855. The van der Waals surface area contributed by atoms with Crippen LogP contribution in [0.4, 0.5) is 5.13 Å². The van der Waals surface area contributed by atoms with Crippen LogP contribution in [-0.4, -0.2) is 22.3 Å². The molecule has 1 aromatic carbocycles. The van der Waals surface area contributed by atoms with Gasteiger partial charge in [-0.25, -0.2) is 4.98 Å². The van der Waals surface area contributed by atoms with Crippen LogP contribution in [0, 0.1) is 5.92 Å². The molecular formula is C14H12Cl2N2O2S. The van der Waals surface area contributed by atoms with Crippen molar-refractivity contribution in [1.29, 1.82) is 0 Å². The summed E-state index contributed by atoms with van der Waals surface area (Å²) >= 11 is 13.1. The Morgan fingerprint density at radius 1 is 1.43 bits per heavy atom. The number of anilines is 1. The highest BCUT2D eigenvalue weighted by atomic mass is 35.5. The Kier molecular flexibility index (Phi) is 3.82.